The number of rotatable bonds is 0. The molecule has 3 rings (SSSR count). The van der Waals surface area contributed by atoms with Crippen LogP contribution in [-0.4, -0.2) is 16.0 Å². The lowest BCUT2D eigenvalue weighted by molar-refractivity contribution is 0.0950. The summed E-state index contributed by atoms with van der Waals surface area (Å²) in [6.45, 7) is 3.68. The van der Waals surface area contributed by atoms with E-state index in [2.05, 4.69) is 0 Å². The van der Waals surface area contributed by atoms with Gasteiger partial charge in [0.2, 0.25) is 0 Å². The summed E-state index contributed by atoms with van der Waals surface area (Å²) in [5, 5.41) is 19.9. The third-order valence-electron chi connectivity index (χ3n) is 3.58. The summed E-state index contributed by atoms with van der Waals surface area (Å²) in [5.74, 6) is 0.589. The lowest BCUT2D eigenvalue weighted by Gasteiger charge is -2.15. The van der Waals surface area contributed by atoms with Crippen molar-refractivity contribution in [3.8, 4) is 11.5 Å². The van der Waals surface area contributed by atoms with Gasteiger partial charge < -0.3 is 14.6 Å². The summed E-state index contributed by atoms with van der Waals surface area (Å²) in [6, 6.07) is 1.41. The highest BCUT2D eigenvalue weighted by molar-refractivity contribution is 6.10. The minimum absolute atomic E-state index is 0.0481. The average molecular weight is 246 g/mol. The minimum atomic E-state index is -0.213. The summed E-state index contributed by atoms with van der Waals surface area (Å²) in [6.07, 6.45) is 1.22. The molecule has 0 bridgehead atoms. The molecule has 1 aliphatic rings. The molecular formula is C14H14O4. The standard InChI is InChI=1S/C14H14O4/c1-6-3-9(15)12-8-5-10(16)13(17)7(2)14(8)18-11(12)4-6/h5-6,16-17H,3-4H2,1-2H3. The molecule has 4 nitrogen and oxygen atoms in total. The summed E-state index contributed by atoms with van der Waals surface area (Å²) < 4.78 is 5.71. The maximum Gasteiger partial charge on any atom is 0.167 e. The number of fused-ring (bicyclic) bond motifs is 3. The normalized spacial score (nSPS) is 19.2. The van der Waals surface area contributed by atoms with Crippen LogP contribution >= 0.6 is 0 Å². The monoisotopic (exact) mass is 246 g/mol. The van der Waals surface area contributed by atoms with Crippen LogP contribution in [0.25, 0.3) is 11.0 Å². The van der Waals surface area contributed by atoms with Crippen LogP contribution in [0.1, 0.15) is 35.0 Å². The fourth-order valence-electron chi connectivity index (χ4n) is 2.67. The van der Waals surface area contributed by atoms with E-state index in [0.29, 0.717) is 34.3 Å². The predicted molar refractivity (Wildman–Crippen MR) is 66.1 cm³/mol. The lowest BCUT2D eigenvalue weighted by atomic mass is 9.87. The quantitative estimate of drug-likeness (QED) is 0.701. The Bertz CT molecular complexity index is 666. The SMILES string of the molecule is Cc1c(O)c(O)cc2c3c(oc12)CC(C)CC3=O. The lowest BCUT2D eigenvalue weighted by Crippen LogP contribution is -2.16. The first-order valence-electron chi connectivity index (χ1n) is 5.99. The van der Waals surface area contributed by atoms with Crippen molar-refractivity contribution in [2.45, 2.75) is 26.7 Å². The van der Waals surface area contributed by atoms with E-state index in [1.807, 2.05) is 6.92 Å². The van der Waals surface area contributed by atoms with Gasteiger partial charge in [-0.05, 0) is 18.9 Å². The molecule has 0 spiro atoms. The van der Waals surface area contributed by atoms with E-state index in [1.54, 1.807) is 6.92 Å². The number of Topliss-reactive ketones (excluding diaryl/α,β-unsaturated/α-hetero) is 1. The van der Waals surface area contributed by atoms with Crippen molar-refractivity contribution in [2.24, 2.45) is 5.92 Å². The van der Waals surface area contributed by atoms with Crippen molar-refractivity contribution in [3.05, 3.63) is 23.0 Å². The van der Waals surface area contributed by atoms with E-state index >= 15 is 0 Å². The Balaban J connectivity index is 2.38. The molecule has 4 heteroatoms. The first-order chi connectivity index (χ1) is 8.49. The first kappa shape index (κ1) is 11.1. The fraction of sp³-hybridized carbons (Fsp3) is 0.357. The molecular weight excluding hydrogens is 232 g/mol. The summed E-state index contributed by atoms with van der Waals surface area (Å²) in [7, 11) is 0. The first-order valence-corrected chi connectivity index (χ1v) is 5.99. The van der Waals surface area contributed by atoms with Gasteiger partial charge in [-0.15, -0.1) is 0 Å². The number of furan rings is 1. The van der Waals surface area contributed by atoms with Gasteiger partial charge in [-0.2, -0.15) is 0 Å². The molecule has 1 aliphatic carbocycles. The molecule has 0 saturated heterocycles. The van der Waals surface area contributed by atoms with Crippen LogP contribution in [0.4, 0.5) is 0 Å². The zero-order valence-electron chi connectivity index (χ0n) is 10.3. The van der Waals surface area contributed by atoms with Crippen LogP contribution in [0.15, 0.2) is 10.5 Å². The van der Waals surface area contributed by atoms with E-state index in [0.717, 1.165) is 6.42 Å². The molecule has 94 valence electrons. The highest BCUT2D eigenvalue weighted by atomic mass is 16.3. The second-order valence-electron chi connectivity index (χ2n) is 5.08. The van der Waals surface area contributed by atoms with Gasteiger partial charge in [0.25, 0.3) is 0 Å². The van der Waals surface area contributed by atoms with Crippen LogP contribution < -0.4 is 0 Å². The van der Waals surface area contributed by atoms with Crippen molar-refractivity contribution in [1.82, 2.24) is 0 Å². The Kier molecular flexibility index (Phi) is 2.17. The molecule has 2 aromatic rings. The molecule has 2 N–H and O–H groups in total. The number of phenols is 2. The van der Waals surface area contributed by atoms with Gasteiger partial charge in [0, 0.05) is 23.8 Å². The van der Waals surface area contributed by atoms with Crippen molar-refractivity contribution in [2.75, 3.05) is 0 Å². The summed E-state index contributed by atoms with van der Waals surface area (Å²) in [5.41, 5.74) is 1.54. The van der Waals surface area contributed by atoms with Gasteiger partial charge in [-0.1, -0.05) is 6.92 Å². The number of carbonyl (C=O) groups excluding carboxylic acids is 1. The smallest absolute Gasteiger partial charge is 0.167 e. The molecule has 18 heavy (non-hydrogen) atoms. The van der Waals surface area contributed by atoms with Crippen LogP contribution in [0.2, 0.25) is 0 Å². The van der Waals surface area contributed by atoms with Gasteiger partial charge >= 0.3 is 0 Å². The predicted octanol–water partition coefficient (Wildman–Crippen LogP) is 2.92. The van der Waals surface area contributed by atoms with Gasteiger partial charge in [-0.25, -0.2) is 0 Å². The van der Waals surface area contributed by atoms with Crippen LogP contribution in [-0.2, 0) is 6.42 Å². The molecule has 1 heterocycles. The van der Waals surface area contributed by atoms with E-state index < -0.39 is 0 Å². The van der Waals surface area contributed by atoms with E-state index in [4.69, 9.17) is 4.42 Å². The third-order valence-corrected chi connectivity index (χ3v) is 3.58. The van der Waals surface area contributed by atoms with Crippen LogP contribution in [0.5, 0.6) is 11.5 Å². The van der Waals surface area contributed by atoms with E-state index in [-0.39, 0.29) is 23.2 Å². The maximum atomic E-state index is 12.1. The minimum Gasteiger partial charge on any atom is -0.504 e. The van der Waals surface area contributed by atoms with Crippen molar-refractivity contribution < 1.29 is 19.4 Å². The molecule has 0 aliphatic heterocycles. The zero-order chi connectivity index (χ0) is 13.0. The molecule has 0 amide bonds. The van der Waals surface area contributed by atoms with Gasteiger partial charge in [0.1, 0.15) is 11.3 Å². The number of hydrogen-bond donors (Lipinski definition) is 2. The summed E-state index contributed by atoms with van der Waals surface area (Å²) >= 11 is 0. The molecule has 0 fully saturated rings. The molecule has 1 atom stereocenters. The van der Waals surface area contributed by atoms with Crippen LogP contribution in [0.3, 0.4) is 0 Å². The van der Waals surface area contributed by atoms with Crippen molar-refractivity contribution >= 4 is 16.8 Å². The van der Waals surface area contributed by atoms with Gasteiger partial charge in [0.05, 0.1) is 5.56 Å². The Labute approximate surface area is 104 Å². The third kappa shape index (κ3) is 1.35. The zero-order valence-corrected chi connectivity index (χ0v) is 10.3. The van der Waals surface area contributed by atoms with Gasteiger partial charge in [-0.3, -0.25) is 4.79 Å². The Morgan fingerprint density at radius 1 is 1.33 bits per heavy atom. The number of aromatic hydroxyl groups is 2. The molecule has 0 radical (unpaired) electrons. The number of hydrogen-bond acceptors (Lipinski definition) is 4. The molecule has 1 aromatic heterocycles. The van der Waals surface area contributed by atoms with Crippen molar-refractivity contribution in [3.63, 3.8) is 0 Å². The van der Waals surface area contributed by atoms with E-state index in [9.17, 15) is 15.0 Å². The Hall–Kier alpha value is -1.97. The number of ketones is 1. The topological polar surface area (TPSA) is 70.7 Å². The second kappa shape index (κ2) is 3.51. The molecule has 1 unspecified atom stereocenters. The maximum absolute atomic E-state index is 12.1. The molecule has 1 aromatic carbocycles. The van der Waals surface area contributed by atoms with Gasteiger partial charge in [0.15, 0.2) is 17.3 Å². The Morgan fingerprint density at radius 3 is 2.78 bits per heavy atom. The number of carbonyl (C=O) groups is 1. The largest absolute Gasteiger partial charge is 0.504 e. The number of phenolic OH excluding ortho intramolecular Hbond substituents is 2. The van der Waals surface area contributed by atoms with Crippen LogP contribution in [0, 0.1) is 12.8 Å². The second-order valence-corrected chi connectivity index (χ2v) is 5.08. The van der Waals surface area contributed by atoms with Crippen molar-refractivity contribution in [1.29, 1.82) is 0 Å². The molecule has 0 saturated carbocycles. The number of benzene rings is 1. The highest BCUT2D eigenvalue weighted by Crippen LogP contribution is 2.41. The highest BCUT2D eigenvalue weighted by Gasteiger charge is 2.29. The number of aryl methyl sites for hydroxylation is 1. The summed E-state index contributed by atoms with van der Waals surface area (Å²) in [4.78, 5) is 12.1. The fourth-order valence-corrected chi connectivity index (χ4v) is 2.67. The van der Waals surface area contributed by atoms with E-state index in [1.165, 1.54) is 6.07 Å². The average Bonchev–Trinajstić information content (AvgIpc) is 2.64. The Morgan fingerprint density at radius 2 is 2.06 bits per heavy atom.